The second-order valence-corrected chi connectivity index (χ2v) is 8.57. The predicted molar refractivity (Wildman–Crippen MR) is 120 cm³/mol. The third kappa shape index (κ3) is 5.83. The van der Waals surface area contributed by atoms with Crippen LogP contribution in [0, 0.1) is 10.7 Å². The lowest BCUT2D eigenvalue weighted by Crippen LogP contribution is -2.36. The number of ether oxygens (including phenoxy) is 2. The van der Waals surface area contributed by atoms with Crippen molar-refractivity contribution in [3.05, 3.63) is 49.8 Å². The molecular formula is C19H24N6O10S. The van der Waals surface area contributed by atoms with E-state index in [1.807, 2.05) is 0 Å². The van der Waals surface area contributed by atoms with E-state index in [4.69, 9.17) is 30.7 Å². The maximum absolute atomic E-state index is 11.7. The van der Waals surface area contributed by atoms with Gasteiger partial charge in [0.05, 0.1) is 19.3 Å². The summed E-state index contributed by atoms with van der Waals surface area (Å²) in [5.74, 6) is 0.0537. The molecule has 0 aromatic carbocycles. The highest BCUT2D eigenvalue weighted by Gasteiger charge is 2.43. The maximum atomic E-state index is 11.7. The molecular weight excluding hydrogens is 504 g/mol. The molecule has 196 valence electrons. The van der Waals surface area contributed by atoms with Crippen LogP contribution in [-0.2, 0) is 9.47 Å². The molecule has 4 heterocycles. The lowest BCUT2D eigenvalue weighted by atomic mass is 10.1. The summed E-state index contributed by atoms with van der Waals surface area (Å²) in [4.78, 5) is 40.2. The average Bonchev–Trinajstić information content (AvgIpc) is 3.35. The number of H-pyrrole nitrogens is 1. The largest absolute Gasteiger partial charge is 0.394 e. The van der Waals surface area contributed by atoms with Gasteiger partial charge in [-0.25, -0.2) is 9.59 Å². The summed E-state index contributed by atoms with van der Waals surface area (Å²) in [5.41, 5.74) is 3.29. The van der Waals surface area contributed by atoms with Gasteiger partial charge in [-0.3, -0.25) is 18.9 Å². The van der Waals surface area contributed by atoms with Crippen molar-refractivity contribution in [2.45, 2.75) is 54.3 Å². The minimum absolute atomic E-state index is 0.0537. The second kappa shape index (κ2) is 11.8. The first-order valence-electron chi connectivity index (χ1n) is 10.4. The number of anilines is 1. The molecule has 7 atom stereocenters. The molecule has 2 saturated heterocycles. The third-order valence-electron chi connectivity index (χ3n) is 5.43. The molecule has 0 unspecified atom stereocenters. The minimum Gasteiger partial charge on any atom is -0.394 e. The maximum Gasteiger partial charge on any atom is 0.351 e. The smallest absolute Gasteiger partial charge is 0.351 e. The summed E-state index contributed by atoms with van der Waals surface area (Å²) in [7, 11) is 0. The van der Waals surface area contributed by atoms with Crippen LogP contribution >= 0.6 is 11.8 Å². The van der Waals surface area contributed by atoms with Crippen molar-refractivity contribution < 1.29 is 35.0 Å². The van der Waals surface area contributed by atoms with E-state index in [1.165, 1.54) is 18.5 Å². The van der Waals surface area contributed by atoms with E-state index in [0.717, 1.165) is 9.13 Å². The molecule has 0 bridgehead atoms. The molecule has 0 amide bonds. The Kier molecular flexibility index (Phi) is 8.99. The number of aromatic nitrogens is 4. The Balaban J connectivity index is 0.000000202. The van der Waals surface area contributed by atoms with Gasteiger partial charge in [-0.1, -0.05) is 0 Å². The van der Waals surface area contributed by atoms with Gasteiger partial charge in [-0.05, 0) is 17.8 Å². The summed E-state index contributed by atoms with van der Waals surface area (Å²) in [6, 6.07) is 1.37. The average molecular weight is 529 g/mol. The van der Waals surface area contributed by atoms with Gasteiger partial charge < -0.3 is 40.7 Å². The predicted octanol–water partition coefficient (Wildman–Crippen LogP) is -3.81. The molecule has 36 heavy (non-hydrogen) atoms. The minimum atomic E-state index is -1.31. The summed E-state index contributed by atoms with van der Waals surface area (Å²) < 4.78 is 12.6. The quantitative estimate of drug-likeness (QED) is 0.145. The molecule has 2 aromatic rings. The van der Waals surface area contributed by atoms with Gasteiger partial charge in [-0.2, -0.15) is 10.2 Å². The highest BCUT2D eigenvalue weighted by Crippen LogP contribution is 2.28. The van der Waals surface area contributed by atoms with E-state index in [-0.39, 0.29) is 23.7 Å². The van der Waals surface area contributed by atoms with Crippen molar-refractivity contribution in [1.29, 1.82) is 5.26 Å². The van der Waals surface area contributed by atoms with Crippen molar-refractivity contribution >= 4 is 17.6 Å². The van der Waals surface area contributed by atoms with Crippen LogP contribution in [0.4, 0.5) is 5.82 Å². The van der Waals surface area contributed by atoms with Gasteiger partial charge in [0, 0.05) is 18.8 Å². The summed E-state index contributed by atoms with van der Waals surface area (Å²) in [6.45, 7) is -0.818. The Morgan fingerprint density at radius 3 is 2.39 bits per heavy atom. The number of aliphatic hydroxyl groups excluding tert-OH is 5. The normalized spacial score (nSPS) is 29.4. The van der Waals surface area contributed by atoms with Crippen LogP contribution in [0.3, 0.4) is 0 Å². The van der Waals surface area contributed by atoms with E-state index >= 15 is 0 Å². The highest BCUT2D eigenvalue weighted by molar-refractivity contribution is 8.03. The fourth-order valence-electron chi connectivity index (χ4n) is 3.58. The lowest BCUT2D eigenvalue weighted by molar-refractivity contribution is -0.0549. The van der Waals surface area contributed by atoms with Crippen molar-refractivity contribution in [2.75, 3.05) is 18.9 Å². The van der Waals surface area contributed by atoms with Gasteiger partial charge in [0.25, 0.3) is 5.56 Å². The van der Waals surface area contributed by atoms with E-state index < -0.39 is 66.5 Å². The van der Waals surface area contributed by atoms with Crippen LogP contribution in [0.25, 0.3) is 0 Å². The molecule has 2 fully saturated rings. The number of hydrogen-bond acceptors (Lipinski definition) is 14. The van der Waals surface area contributed by atoms with Gasteiger partial charge >= 0.3 is 11.4 Å². The van der Waals surface area contributed by atoms with Crippen molar-refractivity contribution in [2.24, 2.45) is 0 Å². The number of nitrogen functional groups attached to an aromatic ring is 1. The molecule has 2 aliphatic rings. The van der Waals surface area contributed by atoms with Gasteiger partial charge in [-0.15, -0.1) is 0 Å². The zero-order chi connectivity index (χ0) is 26.6. The standard InChI is InChI=1S/C10H11N3O5S.C9H13N3O5/c11-4-19-7-2-13(10(17)12-9(7)16)8-1-5(15)6(3-14)18-8;10-5-1-2-12(9(16)11-5)8-7(15)6(14)4(3-13)17-8/h2,5-6,8,14-15H,1,3H2,(H,12,16,17);1-2,4,6-8,13-15H,3H2,(H2,10,11,16)/t5-,6+,8+;4-,6-,7+,8-/m01/s1. The van der Waals surface area contributed by atoms with Crippen molar-refractivity contribution in [3.8, 4) is 5.40 Å². The summed E-state index contributed by atoms with van der Waals surface area (Å²) in [5, 5.41) is 57.0. The van der Waals surface area contributed by atoms with Crippen LogP contribution in [0.1, 0.15) is 18.9 Å². The first-order valence-corrected chi connectivity index (χ1v) is 11.3. The molecule has 0 aliphatic carbocycles. The highest BCUT2D eigenvalue weighted by atomic mass is 32.2. The number of thiocyanates is 1. The third-order valence-corrected chi connectivity index (χ3v) is 6.03. The molecule has 17 heteroatoms. The van der Waals surface area contributed by atoms with E-state index in [0.29, 0.717) is 11.8 Å². The van der Waals surface area contributed by atoms with Crippen LogP contribution in [0.2, 0.25) is 0 Å². The number of hydrogen-bond donors (Lipinski definition) is 7. The van der Waals surface area contributed by atoms with Crippen molar-refractivity contribution in [3.63, 3.8) is 0 Å². The zero-order valence-corrected chi connectivity index (χ0v) is 19.3. The first kappa shape index (κ1) is 27.5. The molecule has 2 aromatic heterocycles. The van der Waals surface area contributed by atoms with Gasteiger partial charge in [0.2, 0.25) is 0 Å². The van der Waals surface area contributed by atoms with Gasteiger partial charge in [0.1, 0.15) is 46.8 Å². The first-order chi connectivity index (χ1) is 17.1. The number of nitrogens with two attached hydrogens (primary N) is 1. The van der Waals surface area contributed by atoms with Crippen LogP contribution in [0.5, 0.6) is 0 Å². The number of nitriles is 1. The molecule has 8 N–H and O–H groups in total. The van der Waals surface area contributed by atoms with Crippen LogP contribution in [-0.4, -0.2) is 88.4 Å². The zero-order valence-electron chi connectivity index (χ0n) is 18.4. The molecule has 0 saturated carbocycles. The Morgan fingerprint density at radius 1 is 1.14 bits per heavy atom. The van der Waals surface area contributed by atoms with Crippen molar-refractivity contribution in [1.82, 2.24) is 19.1 Å². The lowest BCUT2D eigenvalue weighted by Gasteiger charge is -2.16. The Morgan fingerprint density at radius 2 is 1.83 bits per heavy atom. The van der Waals surface area contributed by atoms with E-state index in [2.05, 4.69) is 9.97 Å². The van der Waals surface area contributed by atoms with Crippen LogP contribution in [0.15, 0.2) is 37.7 Å². The van der Waals surface area contributed by atoms with Crippen LogP contribution < -0.4 is 22.7 Å². The second-order valence-electron chi connectivity index (χ2n) is 7.74. The summed E-state index contributed by atoms with van der Waals surface area (Å²) in [6.07, 6.45) is -4.37. The van der Waals surface area contributed by atoms with E-state index in [1.54, 1.807) is 5.40 Å². The summed E-state index contributed by atoms with van der Waals surface area (Å²) >= 11 is 0.626. The fraction of sp³-hybridized carbons (Fsp3) is 0.526. The fourth-order valence-corrected chi connectivity index (χ4v) is 3.99. The van der Waals surface area contributed by atoms with Gasteiger partial charge in [0.15, 0.2) is 6.23 Å². The number of nitrogens with one attached hydrogen (secondary N) is 1. The SMILES string of the molecule is N#CSc1cn([C@H]2C[C@H](O)[C@@H](CO)O2)c(=O)[nH]c1=O.Nc1ccn([C@@H]2O[C@H](CO)[C@@H](O)[C@@H]2O)c(=O)n1. The molecule has 4 rings (SSSR count). The number of aliphatic hydroxyl groups is 5. The number of aromatic amines is 1. The molecule has 2 aliphatic heterocycles. The Hall–Kier alpha value is -3.08. The molecule has 0 spiro atoms. The number of nitrogens with zero attached hydrogens (tertiary/aromatic N) is 4. The van der Waals surface area contributed by atoms with E-state index in [9.17, 15) is 29.7 Å². The topological polar surface area (TPSA) is 259 Å². The Labute approximate surface area is 205 Å². The molecule has 16 nitrogen and oxygen atoms in total. The molecule has 0 radical (unpaired) electrons. The number of rotatable bonds is 5. The Bertz CT molecular complexity index is 1270. The monoisotopic (exact) mass is 528 g/mol. The number of thioether (sulfide) groups is 1.